The Morgan fingerprint density at radius 1 is 1.00 bits per heavy atom. The normalized spacial score (nSPS) is 10.9. The van der Waals surface area contributed by atoms with E-state index in [9.17, 15) is 0 Å². The largest absolute Gasteiger partial charge is 0.362 e. The lowest BCUT2D eigenvalue weighted by Gasteiger charge is -2.12. The summed E-state index contributed by atoms with van der Waals surface area (Å²) in [5, 5.41) is 16.4. The first-order valence-corrected chi connectivity index (χ1v) is 10.4. The van der Waals surface area contributed by atoms with Gasteiger partial charge >= 0.3 is 0 Å². The summed E-state index contributed by atoms with van der Waals surface area (Å²) in [5.41, 5.74) is 7.75. The number of aryl methyl sites for hydroxylation is 5. The van der Waals surface area contributed by atoms with Gasteiger partial charge in [0.2, 0.25) is 0 Å². The highest BCUT2D eigenvalue weighted by atomic mass is 32.1. The molecule has 0 atom stereocenters. The molecule has 154 valence electrons. The maximum Gasteiger partial charge on any atom is 0.170 e. The van der Waals surface area contributed by atoms with E-state index in [0.717, 1.165) is 48.8 Å². The topological polar surface area (TPSA) is 59.7 Å². The van der Waals surface area contributed by atoms with Gasteiger partial charge in [-0.25, -0.2) is 0 Å². The molecule has 1 aromatic carbocycles. The van der Waals surface area contributed by atoms with Crippen molar-refractivity contribution in [3.63, 3.8) is 0 Å². The van der Waals surface area contributed by atoms with Gasteiger partial charge in [-0.3, -0.25) is 9.36 Å². The van der Waals surface area contributed by atoms with Gasteiger partial charge in [0.1, 0.15) is 0 Å². The Balaban J connectivity index is 1.52. The third-order valence-electron chi connectivity index (χ3n) is 5.01. The second kappa shape index (κ2) is 9.22. The number of thiocarbonyl (C=S) groups is 1. The molecule has 0 amide bonds. The Kier molecular flexibility index (Phi) is 6.69. The number of anilines is 1. The summed E-state index contributed by atoms with van der Waals surface area (Å²) >= 11 is 5.49. The number of aromatic nitrogens is 4. The van der Waals surface area contributed by atoms with Crippen LogP contribution in [-0.4, -0.2) is 31.2 Å². The van der Waals surface area contributed by atoms with Crippen LogP contribution in [0.1, 0.15) is 40.3 Å². The molecule has 2 aromatic heterocycles. The molecule has 0 aliphatic heterocycles. The molecule has 0 aliphatic rings. The van der Waals surface area contributed by atoms with Gasteiger partial charge in [0.15, 0.2) is 5.11 Å². The van der Waals surface area contributed by atoms with E-state index in [4.69, 9.17) is 12.2 Å². The zero-order chi connectivity index (χ0) is 21.0. The number of nitrogens with zero attached hydrogens (tertiary/aromatic N) is 4. The van der Waals surface area contributed by atoms with E-state index in [0.29, 0.717) is 5.11 Å². The number of hydrogen-bond acceptors (Lipinski definition) is 3. The van der Waals surface area contributed by atoms with E-state index in [-0.39, 0.29) is 0 Å². The Bertz CT molecular complexity index is 984. The fraction of sp³-hybridized carbons (Fsp3) is 0.409. The van der Waals surface area contributed by atoms with Gasteiger partial charge in [-0.15, -0.1) is 0 Å². The number of nitrogens with one attached hydrogen (secondary N) is 2. The predicted octanol–water partition coefficient (Wildman–Crippen LogP) is 4.05. The van der Waals surface area contributed by atoms with E-state index in [1.54, 1.807) is 0 Å². The maximum absolute atomic E-state index is 5.49. The summed E-state index contributed by atoms with van der Waals surface area (Å²) in [5.74, 6) is 0. The minimum absolute atomic E-state index is 0.624. The Labute approximate surface area is 178 Å². The zero-order valence-electron chi connectivity index (χ0n) is 17.9. The van der Waals surface area contributed by atoms with Crippen LogP contribution in [0, 0.1) is 34.6 Å². The molecule has 0 fully saturated rings. The van der Waals surface area contributed by atoms with E-state index in [1.807, 2.05) is 23.2 Å². The Morgan fingerprint density at radius 3 is 2.38 bits per heavy atom. The highest BCUT2D eigenvalue weighted by Crippen LogP contribution is 2.20. The van der Waals surface area contributed by atoms with Crippen molar-refractivity contribution in [2.24, 2.45) is 0 Å². The van der Waals surface area contributed by atoms with Crippen molar-refractivity contribution < 1.29 is 0 Å². The first-order chi connectivity index (χ1) is 13.8. The molecule has 0 radical (unpaired) electrons. The molecule has 29 heavy (non-hydrogen) atoms. The van der Waals surface area contributed by atoms with E-state index < -0.39 is 0 Å². The van der Waals surface area contributed by atoms with Crippen molar-refractivity contribution in [2.45, 2.75) is 54.1 Å². The van der Waals surface area contributed by atoms with Crippen molar-refractivity contribution >= 4 is 23.0 Å². The number of benzene rings is 1. The van der Waals surface area contributed by atoms with Gasteiger partial charge in [0.25, 0.3) is 0 Å². The Hall–Kier alpha value is -2.67. The minimum Gasteiger partial charge on any atom is -0.362 e. The molecule has 0 bridgehead atoms. The van der Waals surface area contributed by atoms with Crippen LogP contribution in [0.4, 0.5) is 5.69 Å². The first kappa shape index (κ1) is 21.0. The molecule has 6 nitrogen and oxygen atoms in total. The van der Waals surface area contributed by atoms with Gasteiger partial charge in [0.05, 0.1) is 29.3 Å². The second-order valence-corrected chi connectivity index (χ2v) is 7.98. The van der Waals surface area contributed by atoms with Gasteiger partial charge in [-0.05, 0) is 64.9 Å². The van der Waals surface area contributed by atoms with Crippen molar-refractivity contribution in [3.05, 3.63) is 64.2 Å². The number of hydrogen-bond donors (Lipinski definition) is 2. The van der Waals surface area contributed by atoms with Crippen LogP contribution >= 0.6 is 12.2 Å². The highest BCUT2D eigenvalue weighted by Gasteiger charge is 2.13. The summed E-state index contributed by atoms with van der Waals surface area (Å²) in [6.45, 7) is 12.7. The van der Waals surface area contributed by atoms with E-state index in [2.05, 4.69) is 71.9 Å². The smallest absolute Gasteiger partial charge is 0.170 e. The summed E-state index contributed by atoms with van der Waals surface area (Å²) in [7, 11) is 0. The number of rotatable bonds is 7. The third-order valence-corrected chi connectivity index (χ3v) is 5.25. The van der Waals surface area contributed by atoms with Gasteiger partial charge in [0, 0.05) is 18.8 Å². The van der Waals surface area contributed by atoms with Gasteiger partial charge in [-0.1, -0.05) is 29.8 Å². The molecule has 3 aromatic rings. The maximum atomic E-state index is 5.49. The van der Waals surface area contributed by atoms with Crippen molar-refractivity contribution in [1.82, 2.24) is 24.9 Å². The lowest BCUT2D eigenvalue weighted by Crippen LogP contribution is -2.30. The Morgan fingerprint density at radius 2 is 1.72 bits per heavy atom. The molecule has 0 unspecified atom stereocenters. The molecule has 2 heterocycles. The van der Waals surface area contributed by atoms with Crippen LogP contribution < -0.4 is 10.6 Å². The zero-order valence-corrected chi connectivity index (χ0v) is 18.7. The van der Waals surface area contributed by atoms with Gasteiger partial charge in [-0.2, -0.15) is 10.2 Å². The molecular formula is C22H30N6S. The lowest BCUT2D eigenvalue weighted by atomic mass is 10.1. The SMILES string of the molecule is Cc1ccc(Cn2nc(C)c(NC(=S)NCCCn3nc(C)cc3C)c2C)cc1. The van der Waals surface area contributed by atoms with Crippen LogP contribution in [0.25, 0.3) is 0 Å². The summed E-state index contributed by atoms with van der Waals surface area (Å²) < 4.78 is 4.06. The van der Waals surface area contributed by atoms with E-state index >= 15 is 0 Å². The molecule has 7 heteroatoms. The summed E-state index contributed by atoms with van der Waals surface area (Å²) in [6, 6.07) is 10.7. The van der Waals surface area contributed by atoms with Gasteiger partial charge < -0.3 is 10.6 Å². The molecule has 2 N–H and O–H groups in total. The van der Waals surface area contributed by atoms with Crippen LogP contribution in [0.15, 0.2) is 30.3 Å². The average molecular weight is 411 g/mol. The minimum atomic E-state index is 0.624. The first-order valence-electron chi connectivity index (χ1n) is 9.99. The fourth-order valence-corrected chi connectivity index (χ4v) is 3.59. The van der Waals surface area contributed by atoms with Crippen LogP contribution in [-0.2, 0) is 13.1 Å². The van der Waals surface area contributed by atoms with Crippen LogP contribution in [0.2, 0.25) is 0 Å². The van der Waals surface area contributed by atoms with Crippen LogP contribution in [0.3, 0.4) is 0 Å². The van der Waals surface area contributed by atoms with Crippen LogP contribution in [0.5, 0.6) is 0 Å². The molecule has 3 rings (SSSR count). The summed E-state index contributed by atoms with van der Waals surface area (Å²) in [4.78, 5) is 0. The third kappa shape index (κ3) is 5.44. The summed E-state index contributed by atoms with van der Waals surface area (Å²) in [6.07, 6.45) is 0.953. The van der Waals surface area contributed by atoms with Crippen molar-refractivity contribution in [1.29, 1.82) is 0 Å². The molecule has 0 saturated carbocycles. The second-order valence-electron chi connectivity index (χ2n) is 7.57. The molecule has 0 saturated heterocycles. The highest BCUT2D eigenvalue weighted by molar-refractivity contribution is 7.80. The molecule has 0 spiro atoms. The monoisotopic (exact) mass is 410 g/mol. The quantitative estimate of drug-likeness (QED) is 0.455. The van der Waals surface area contributed by atoms with Crippen molar-refractivity contribution in [3.8, 4) is 0 Å². The predicted molar refractivity (Wildman–Crippen MR) is 123 cm³/mol. The average Bonchev–Trinajstić information content (AvgIpc) is 3.13. The van der Waals surface area contributed by atoms with Crippen molar-refractivity contribution in [2.75, 3.05) is 11.9 Å². The molecule has 0 aliphatic carbocycles. The fourth-order valence-electron chi connectivity index (χ4n) is 3.39. The standard InChI is InChI=1S/C22H30N6S/c1-15-7-9-20(10-8-15)14-28-19(5)21(18(4)26-28)24-22(29)23-11-6-12-27-17(3)13-16(2)25-27/h7-10,13H,6,11-12,14H2,1-5H3,(H2,23,24,29). The molecular weight excluding hydrogens is 380 g/mol. The lowest BCUT2D eigenvalue weighted by molar-refractivity contribution is 0.558. The van der Waals surface area contributed by atoms with E-state index in [1.165, 1.54) is 16.8 Å².